The fraction of sp³-hybridized carbons (Fsp3) is 0.231. The first kappa shape index (κ1) is 12.3. The molecule has 98 valence electrons. The third-order valence-corrected chi connectivity index (χ3v) is 3.83. The predicted molar refractivity (Wildman–Crippen MR) is 72.0 cm³/mol. The average molecular weight is 276 g/mol. The Kier molecular flexibility index (Phi) is 2.35. The third-order valence-electron chi connectivity index (χ3n) is 3.54. The quantitative estimate of drug-likeness (QED) is 0.647. The van der Waals surface area contributed by atoms with Gasteiger partial charge in [-0.2, -0.15) is 0 Å². The summed E-state index contributed by atoms with van der Waals surface area (Å²) in [6.45, 7) is 1.73. The van der Waals surface area contributed by atoms with E-state index in [0.29, 0.717) is 5.56 Å². The highest BCUT2D eigenvalue weighted by atomic mass is 32.1. The molecule has 0 amide bonds. The van der Waals surface area contributed by atoms with Crippen LogP contribution >= 0.6 is 12.2 Å². The summed E-state index contributed by atoms with van der Waals surface area (Å²) in [5, 5.41) is 24.2. The number of ketones is 1. The molecule has 3 rings (SSSR count). The summed E-state index contributed by atoms with van der Waals surface area (Å²) in [7, 11) is 0. The summed E-state index contributed by atoms with van der Waals surface area (Å²) in [6.07, 6.45) is 3.10. The highest BCUT2D eigenvalue weighted by Crippen LogP contribution is 2.48. The van der Waals surface area contributed by atoms with Crippen LogP contribution in [0.5, 0.6) is 0 Å². The van der Waals surface area contributed by atoms with Gasteiger partial charge in [0.05, 0.1) is 0 Å². The molecular weight excluding hydrogens is 264 g/mol. The number of nitrogens with one attached hydrogen (secondary N) is 1. The first-order valence-electron chi connectivity index (χ1n) is 5.80. The van der Waals surface area contributed by atoms with Crippen molar-refractivity contribution in [2.75, 3.05) is 0 Å². The predicted octanol–water partition coefficient (Wildman–Crippen LogP) is 0.440. The molecule has 0 radical (unpaired) electrons. The van der Waals surface area contributed by atoms with E-state index in [1.54, 1.807) is 37.3 Å². The van der Waals surface area contributed by atoms with E-state index in [2.05, 4.69) is 5.32 Å². The van der Waals surface area contributed by atoms with Crippen LogP contribution in [0.1, 0.15) is 22.8 Å². The van der Waals surface area contributed by atoms with Gasteiger partial charge < -0.3 is 15.5 Å². The van der Waals surface area contributed by atoms with Gasteiger partial charge in [0, 0.05) is 17.3 Å². The number of rotatable bonds is 1. The van der Waals surface area contributed by atoms with Crippen LogP contribution in [0.3, 0.4) is 0 Å². The third kappa shape index (κ3) is 1.21. The van der Waals surface area contributed by atoms with Gasteiger partial charge in [0.25, 0.3) is 5.72 Å². The summed E-state index contributed by atoms with van der Waals surface area (Å²) >= 11 is 5.08. The average Bonchev–Trinajstić information content (AvgIpc) is 2.69. The molecule has 5 nitrogen and oxygen atoms in total. The van der Waals surface area contributed by atoms with E-state index in [1.165, 1.54) is 11.1 Å². The number of benzene rings is 1. The number of carbonyl (C=O) groups excluding carboxylic acids is 1. The van der Waals surface area contributed by atoms with Crippen LogP contribution in [0, 0.1) is 0 Å². The van der Waals surface area contributed by atoms with Crippen LogP contribution in [0.15, 0.2) is 36.5 Å². The first-order chi connectivity index (χ1) is 8.96. The molecule has 2 aliphatic rings. The van der Waals surface area contributed by atoms with Crippen LogP contribution in [0.25, 0.3) is 0 Å². The van der Waals surface area contributed by atoms with Gasteiger partial charge in [0.1, 0.15) is 0 Å². The van der Waals surface area contributed by atoms with Crippen LogP contribution in [-0.4, -0.2) is 31.7 Å². The molecule has 1 aromatic carbocycles. The minimum atomic E-state index is -2.14. The van der Waals surface area contributed by atoms with Crippen molar-refractivity contribution in [1.29, 1.82) is 0 Å². The number of nitrogens with zero attached hydrogens (tertiary/aromatic N) is 1. The number of hydrogen-bond acceptors (Lipinski definition) is 4. The zero-order chi connectivity index (χ0) is 13.8. The molecule has 0 spiro atoms. The molecule has 0 aromatic heterocycles. The maximum absolute atomic E-state index is 12.5. The van der Waals surface area contributed by atoms with Crippen LogP contribution in [0.2, 0.25) is 0 Å². The van der Waals surface area contributed by atoms with E-state index < -0.39 is 17.2 Å². The first-order valence-corrected chi connectivity index (χ1v) is 6.21. The SMILES string of the molecule is C/C=C/N1C(=S)NC2(O)c3ccccc3C(=O)C12O. The minimum Gasteiger partial charge on any atom is -0.363 e. The summed E-state index contributed by atoms with van der Waals surface area (Å²) in [4.78, 5) is 13.6. The van der Waals surface area contributed by atoms with E-state index >= 15 is 0 Å². The van der Waals surface area contributed by atoms with Gasteiger partial charge in [0.2, 0.25) is 11.5 Å². The lowest BCUT2D eigenvalue weighted by Crippen LogP contribution is -2.58. The molecule has 1 aromatic rings. The van der Waals surface area contributed by atoms with Crippen molar-refractivity contribution < 1.29 is 15.0 Å². The lowest BCUT2D eigenvalue weighted by molar-refractivity contribution is -0.153. The van der Waals surface area contributed by atoms with E-state index in [1.807, 2.05) is 0 Å². The van der Waals surface area contributed by atoms with E-state index in [-0.39, 0.29) is 10.7 Å². The van der Waals surface area contributed by atoms with Gasteiger partial charge in [-0.3, -0.25) is 9.69 Å². The van der Waals surface area contributed by atoms with Gasteiger partial charge >= 0.3 is 0 Å². The van der Waals surface area contributed by atoms with Gasteiger partial charge in [-0.1, -0.05) is 30.3 Å². The number of carbonyl (C=O) groups is 1. The summed E-state index contributed by atoms with van der Waals surface area (Å²) < 4.78 is 0. The van der Waals surface area contributed by atoms with Crippen molar-refractivity contribution >= 4 is 23.1 Å². The molecule has 0 saturated carbocycles. The molecule has 0 bridgehead atoms. The Balaban J connectivity index is 2.28. The molecule has 1 fully saturated rings. The molecule has 2 unspecified atom stereocenters. The van der Waals surface area contributed by atoms with E-state index in [9.17, 15) is 15.0 Å². The summed E-state index contributed by atoms with van der Waals surface area (Å²) in [5.74, 6) is -0.573. The Morgan fingerprint density at radius 1 is 1.37 bits per heavy atom. The fourth-order valence-corrected chi connectivity index (χ4v) is 3.00. The molecular formula is C13H12N2O3S. The second-order valence-corrected chi connectivity index (χ2v) is 4.93. The van der Waals surface area contributed by atoms with Gasteiger partial charge in [-0.15, -0.1) is 0 Å². The Bertz CT molecular complexity index is 630. The highest BCUT2D eigenvalue weighted by molar-refractivity contribution is 7.80. The number of Topliss-reactive ketones (excluding diaryl/α,β-unsaturated/α-hetero) is 1. The van der Waals surface area contributed by atoms with Crippen molar-refractivity contribution in [3.05, 3.63) is 47.7 Å². The molecule has 1 heterocycles. The molecule has 1 saturated heterocycles. The number of thiocarbonyl (C=S) groups is 1. The van der Waals surface area contributed by atoms with Crippen molar-refractivity contribution in [3.63, 3.8) is 0 Å². The molecule has 2 atom stereocenters. The number of aliphatic hydroxyl groups is 2. The zero-order valence-electron chi connectivity index (χ0n) is 10.1. The lowest BCUT2D eigenvalue weighted by Gasteiger charge is -2.32. The largest absolute Gasteiger partial charge is 0.363 e. The maximum atomic E-state index is 12.5. The van der Waals surface area contributed by atoms with Crippen molar-refractivity contribution in [2.24, 2.45) is 0 Å². The molecule has 1 aliphatic heterocycles. The number of allylic oxidation sites excluding steroid dienone is 1. The Morgan fingerprint density at radius 2 is 2.05 bits per heavy atom. The molecule has 6 heteroatoms. The molecule has 19 heavy (non-hydrogen) atoms. The van der Waals surface area contributed by atoms with Gasteiger partial charge in [-0.05, 0) is 19.1 Å². The van der Waals surface area contributed by atoms with Crippen molar-refractivity contribution in [1.82, 2.24) is 10.2 Å². The van der Waals surface area contributed by atoms with E-state index in [4.69, 9.17) is 12.2 Å². The normalized spacial score (nSPS) is 32.7. The Hall–Kier alpha value is -1.76. The summed E-state index contributed by atoms with van der Waals surface area (Å²) in [5.41, 5.74) is -3.44. The van der Waals surface area contributed by atoms with E-state index in [0.717, 1.165) is 0 Å². The monoisotopic (exact) mass is 276 g/mol. The molecule has 1 aliphatic carbocycles. The Morgan fingerprint density at radius 3 is 2.74 bits per heavy atom. The Labute approximate surface area is 115 Å². The van der Waals surface area contributed by atoms with Gasteiger partial charge in [-0.25, -0.2) is 0 Å². The maximum Gasteiger partial charge on any atom is 0.262 e. The van der Waals surface area contributed by atoms with Crippen molar-refractivity contribution in [3.8, 4) is 0 Å². The highest BCUT2D eigenvalue weighted by Gasteiger charge is 2.70. The van der Waals surface area contributed by atoms with Crippen LogP contribution < -0.4 is 5.32 Å². The zero-order valence-corrected chi connectivity index (χ0v) is 10.9. The second-order valence-electron chi connectivity index (χ2n) is 4.54. The number of hydrogen-bond donors (Lipinski definition) is 3. The standard InChI is InChI=1S/C13H12N2O3S/c1-2-7-15-11(19)14-12(17)9-6-4-3-5-8(9)10(16)13(12,15)18/h2-7,17-18H,1H3,(H,14,19)/b7-2+. The lowest BCUT2D eigenvalue weighted by atomic mass is 10.00. The number of fused-ring (bicyclic) bond motifs is 3. The van der Waals surface area contributed by atoms with Crippen LogP contribution in [-0.2, 0) is 5.72 Å². The topological polar surface area (TPSA) is 72.8 Å². The summed E-state index contributed by atoms with van der Waals surface area (Å²) in [6, 6.07) is 6.55. The fourth-order valence-electron chi connectivity index (χ4n) is 2.66. The smallest absolute Gasteiger partial charge is 0.262 e. The van der Waals surface area contributed by atoms with Gasteiger partial charge in [0.15, 0.2) is 5.11 Å². The van der Waals surface area contributed by atoms with Crippen molar-refractivity contribution in [2.45, 2.75) is 18.4 Å². The molecule has 3 N–H and O–H groups in total. The second kappa shape index (κ2) is 3.63. The minimum absolute atomic E-state index is 0.103. The van der Waals surface area contributed by atoms with Crippen LogP contribution in [0.4, 0.5) is 0 Å².